The summed E-state index contributed by atoms with van der Waals surface area (Å²) in [7, 11) is -2.06. The number of aliphatic hydroxyl groups is 1. The number of carboxylic acid groups (broad SMARTS) is 1. The summed E-state index contributed by atoms with van der Waals surface area (Å²) in [5.74, 6) is 0. The number of amidine groups is 1. The van der Waals surface area contributed by atoms with E-state index in [-0.39, 0.29) is 23.4 Å². The van der Waals surface area contributed by atoms with E-state index < -0.39 is 44.3 Å². The van der Waals surface area contributed by atoms with Gasteiger partial charge in [0, 0.05) is 6.54 Å². The lowest BCUT2D eigenvalue weighted by molar-refractivity contribution is -0.143. The average molecular weight is 409 g/mol. The van der Waals surface area contributed by atoms with Crippen molar-refractivity contribution in [2.24, 2.45) is 4.99 Å². The second-order valence-electron chi connectivity index (χ2n) is 8.10. The molecule has 0 aliphatic carbocycles. The molecule has 0 bridgehead atoms. The quantitative estimate of drug-likeness (QED) is 0.695. The Bertz CT molecular complexity index is 571. The number of carbonyl (C=O) groups is 1. The Labute approximate surface area is 159 Å². The highest BCUT2D eigenvalue weighted by Gasteiger charge is 2.51. The molecule has 0 unspecified atom stereocenters. The molecule has 2 aliphatic heterocycles. The van der Waals surface area contributed by atoms with Crippen LogP contribution in [0.15, 0.2) is 4.99 Å². The minimum Gasteiger partial charge on any atom is -0.465 e. The standard InChI is InChI=1S/C16H29FN2O5SSi/c1-7-19(15(21)22)14-18-11-10(17)12(20)9(24-13(11)25-14)8-23-26(5,6)16(2,3)4/h9-13,20H,7-8H2,1-6H3,(H,21,22)/t9-,10-,11-,12-,13-/m1/s1. The van der Waals surface area contributed by atoms with Crippen molar-refractivity contribution in [3.8, 4) is 0 Å². The second kappa shape index (κ2) is 7.74. The molecule has 150 valence electrons. The summed E-state index contributed by atoms with van der Waals surface area (Å²) in [6.07, 6.45) is -4.93. The third-order valence-corrected chi connectivity index (χ3v) is 11.0. The van der Waals surface area contributed by atoms with E-state index >= 15 is 0 Å². The van der Waals surface area contributed by atoms with Crippen LogP contribution in [0.4, 0.5) is 9.18 Å². The van der Waals surface area contributed by atoms with Crippen molar-refractivity contribution in [3.63, 3.8) is 0 Å². The predicted molar refractivity (Wildman–Crippen MR) is 102 cm³/mol. The van der Waals surface area contributed by atoms with Gasteiger partial charge in [0.25, 0.3) is 0 Å². The molecule has 26 heavy (non-hydrogen) atoms. The van der Waals surface area contributed by atoms with Crippen LogP contribution in [0.1, 0.15) is 27.7 Å². The Morgan fingerprint density at radius 3 is 2.58 bits per heavy atom. The van der Waals surface area contributed by atoms with Crippen molar-refractivity contribution in [1.29, 1.82) is 0 Å². The third-order valence-electron chi connectivity index (χ3n) is 5.29. The fraction of sp³-hybridized carbons (Fsp3) is 0.875. The summed E-state index contributed by atoms with van der Waals surface area (Å²) in [6, 6.07) is -0.914. The number of rotatable bonds is 4. The average Bonchev–Trinajstić information content (AvgIpc) is 2.92. The molecule has 10 heteroatoms. The Morgan fingerprint density at radius 2 is 2.08 bits per heavy atom. The molecule has 0 radical (unpaired) electrons. The summed E-state index contributed by atoms with van der Waals surface area (Å²) in [5, 5.41) is 19.7. The van der Waals surface area contributed by atoms with E-state index in [9.17, 15) is 19.4 Å². The molecular weight excluding hydrogens is 379 g/mol. The van der Waals surface area contributed by atoms with Crippen molar-refractivity contribution >= 4 is 31.3 Å². The Balaban J connectivity index is 2.07. The maximum atomic E-state index is 14.7. The molecule has 0 aromatic carbocycles. The molecular formula is C16H29FN2O5SSi. The summed E-state index contributed by atoms with van der Waals surface area (Å²) >= 11 is 1.08. The van der Waals surface area contributed by atoms with Crippen LogP contribution in [-0.2, 0) is 9.16 Å². The van der Waals surface area contributed by atoms with E-state index in [0.717, 1.165) is 16.7 Å². The molecule has 0 spiro atoms. The summed E-state index contributed by atoms with van der Waals surface area (Å²) in [6.45, 7) is 12.4. The highest BCUT2D eigenvalue weighted by atomic mass is 32.2. The van der Waals surface area contributed by atoms with Crippen LogP contribution in [0.5, 0.6) is 0 Å². The molecule has 0 aromatic heterocycles. The van der Waals surface area contributed by atoms with Gasteiger partial charge in [-0.1, -0.05) is 32.5 Å². The van der Waals surface area contributed by atoms with Gasteiger partial charge in [-0.15, -0.1) is 0 Å². The van der Waals surface area contributed by atoms with Crippen LogP contribution in [0.2, 0.25) is 18.1 Å². The van der Waals surface area contributed by atoms with Gasteiger partial charge in [-0.2, -0.15) is 0 Å². The van der Waals surface area contributed by atoms with E-state index in [1.54, 1.807) is 6.92 Å². The number of amides is 1. The molecule has 1 fully saturated rings. The molecule has 0 saturated carbocycles. The second-order valence-corrected chi connectivity index (χ2v) is 14.0. The minimum atomic E-state index is -2.06. The number of alkyl halides is 1. The zero-order valence-corrected chi connectivity index (χ0v) is 17.9. The topological polar surface area (TPSA) is 91.6 Å². The fourth-order valence-electron chi connectivity index (χ4n) is 2.51. The first-order valence-corrected chi connectivity index (χ1v) is 12.5. The van der Waals surface area contributed by atoms with E-state index in [1.807, 2.05) is 0 Å². The smallest absolute Gasteiger partial charge is 0.413 e. The van der Waals surface area contributed by atoms with Gasteiger partial charge in [0.05, 0.1) is 6.61 Å². The number of ether oxygens (including phenoxy) is 1. The summed E-state index contributed by atoms with van der Waals surface area (Å²) < 4.78 is 26.6. The monoisotopic (exact) mass is 408 g/mol. The molecule has 1 amide bonds. The maximum Gasteiger partial charge on any atom is 0.413 e. The first-order chi connectivity index (χ1) is 11.9. The lowest BCUT2D eigenvalue weighted by Crippen LogP contribution is -2.55. The zero-order chi connectivity index (χ0) is 19.9. The number of thioether (sulfide) groups is 1. The van der Waals surface area contributed by atoms with Gasteiger partial charge in [-0.25, -0.2) is 9.18 Å². The van der Waals surface area contributed by atoms with Crippen molar-refractivity contribution in [1.82, 2.24) is 4.90 Å². The van der Waals surface area contributed by atoms with Gasteiger partial charge >= 0.3 is 6.09 Å². The Morgan fingerprint density at radius 1 is 1.46 bits per heavy atom. The van der Waals surface area contributed by atoms with E-state index in [4.69, 9.17) is 9.16 Å². The van der Waals surface area contributed by atoms with Crippen molar-refractivity contribution in [2.45, 2.75) is 75.7 Å². The van der Waals surface area contributed by atoms with E-state index in [1.165, 1.54) is 0 Å². The number of fused-ring (bicyclic) bond motifs is 1. The number of halogens is 1. The molecule has 5 atom stereocenters. The molecule has 0 aromatic rings. The van der Waals surface area contributed by atoms with Gasteiger partial charge in [0.2, 0.25) is 0 Å². The van der Waals surface area contributed by atoms with E-state index in [2.05, 4.69) is 38.9 Å². The van der Waals surface area contributed by atoms with Gasteiger partial charge < -0.3 is 19.4 Å². The predicted octanol–water partition coefficient (Wildman–Crippen LogP) is 2.90. The Kier molecular flexibility index (Phi) is 6.44. The highest BCUT2D eigenvalue weighted by Crippen LogP contribution is 2.40. The van der Waals surface area contributed by atoms with Crippen molar-refractivity contribution in [3.05, 3.63) is 0 Å². The highest BCUT2D eigenvalue weighted by molar-refractivity contribution is 8.14. The largest absolute Gasteiger partial charge is 0.465 e. The van der Waals surface area contributed by atoms with Crippen LogP contribution < -0.4 is 0 Å². The first-order valence-electron chi connectivity index (χ1n) is 8.75. The third kappa shape index (κ3) is 4.24. The number of aliphatic imine (C=N–C) groups is 1. The van der Waals surface area contributed by atoms with Gasteiger partial charge in [0.15, 0.2) is 19.7 Å². The van der Waals surface area contributed by atoms with Crippen molar-refractivity contribution < 1.29 is 28.6 Å². The normalized spacial score (nSPS) is 32.2. The molecule has 2 N–H and O–H groups in total. The number of aliphatic hydroxyl groups excluding tert-OH is 1. The van der Waals surface area contributed by atoms with Crippen molar-refractivity contribution in [2.75, 3.05) is 13.2 Å². The van der Waals surface area contributed by atoms with Crippen LogP contribution in [0.25, 0.3) is 0 Å². The molecule has 2 rings (SSSR count). The zero-order valence-electron chi connectivity index (χ0n) is 16.1. The maximum absolute atomic E-state index is 14.7. The lowest BCUT2D eigenvalue weighted by atomic mass is 10.0. The van der Waals surface area contributed by atoms with E-state index in [0.29, 0.717) is 0 Å². The molecule has 7 nitrogen and oxygen atoms in total. The van der Waals surface area contributed by atoms with Crippen LogP contribution >= 0.6 is 11.8 Å². The van der Waals surface area contributed by atoms with Gasteiger partial charge in [-0.05, 0) is 25.1 Å². The minimum absolute atomic E-state index is 0.00816. The van der Waals surface area contributed by atoms with Crippen LogP contribution in [-0.4, -0.2) is 77.7 Å². The lowest BCUT2D eigenvalue weighted by Gasteiger charge is -2.41. The molecule has 2 heterocycles. The van der Waals surface area contributed by atoms with Gasteiger partial charge in [-0.3, -0.25) is 9.89 Å². The summed E-state index contributed by atoms with van der Waals surface area (Å²) in [5.41, 5.74) is -0.662. The van der Waals surface area contributed by atoms with Crippen LogP contribution in [0.3, 0.4) is 0 Å². The summed E-state index contributed by atoms with van der Waals surface area (Å²) in [4.78, 5) is 16.5. The first kappa shape index (κ1) is 21.6. The SMILES string of the molecule is CCN(C(=O)O)C1=N[C@@H]2[C@@H](F)[C@H](O)[C@@H](CO[Si](C)(C)C(C)(C)C)O[C@@H]2S1. The number of hydrogen-bond acceptors (Lipinski definition) is 6. The molecule has 1 saturated heterocycles. The number of nitrogens with zero attached hydrogens (tertiary/aromatic N) is 2. The van der Waals surface area contributed by atoms with Gasteiger partial charge in [0.1, 0.15) is 23.7 Å². The Hall–Kier alpha value is -0.683. The molecule has 2 aliphatic rings. The fourth-order valence-corrected chi connectivity index (χ4v) is 4.80. The van der Waals surface area contributed by atoms with Crippen LogP contribution in [0, 0.1) is 0 Å². The number of hydrogen-bond donors (Lipinski definition) is 2.